The maximum atomic E-state index is 11.1. The van der Waals surface area contributed by atoms with E-state index in [2.05, 4.69) is 35.9 Å². The number of esters is 1. The van der Waals surface area contributed by atoms with Crippen LogP contribution < -0.4 is 5.73 Å². The van der Waals surface area contributed by atoms with Crippen LogP contribution in [0.25, 0.3) is 0 Å². The van der Waals surface area contributed by atoms with E-state index in [1.165, 1.54) is 63.2 Å². The smallest absolute Gasteiger partial charge is 0.305 e. The third-order valence-corrected chi connectivity index (χ3v) is 4.60. The summed E-state index contributed by atoms with van der Waals surface area (Å²) in [7, 11) is 1.43. The highest BCUT2D eigenvalue weighted by atomic mass is 16.5. The van der Waals surface area contributed by atoms with E-state index in [-0.39, 0.29) is 12.0 Å². The van der Waals surface area contributed by atoms with Gasteiger partial charge in [0, 0.05) is 12.5 Å². The summed E-state index contributed by atoms with van der Waals surface area (Å²) in [5.41, 5.74) is 8.78. The minimum absolute atomic E-state index is 0.136. The number of nitrogens with two attached hydrogens (primary N) is 1. The molecule has 0 aromatic heterocycles. The van der Waals surface area contributed by atoms with Gasteiger partial charge in [0.1, 0.15) is 0 Å². The summed E-state index contributed by atoms with van der Waals surface area (Å²) in [6, 6.07) is 8.69. The highest BCUT2D eigenvalue weighted by molar-refractivity contribution is 5.69. The van der Waals surface area contributed by atoms with E-state index in [1.807, 2.05) is 0 Å². The molecular formula is C21H35NO2. The number of carbonyl (C=O) groups is 1. The molecule has 1 unspecified atom stereocenters. The fraction of sp³-hybridized carbons (Fsp3) is 0.667. The molecular weight excluding hydrogens is 298 g/mol. The molecule has 3 heteroatoms. The number of unbranched alkanes of at least 4 members (excludes halogenated alkanes) is 6. The Kier molecular flexibility index (Phi) is 11.2. The first kappa shape index (κ1) is 20.7. The second-order valence-electron chi connectivity index (χ2n) is 6.69. The molecule has 3 nitrogen and oxygen atoms in total. The van der Waals surface area contributed by atoms with Crippen molar-refractivity contribution in [1.29, 1.82) is 0 Å². The topological polar surface area (TPSA) is 52.3 Å². The molecule has 0 radical (unpaired) electrons. The van der Waals surface area contributed by atoms with Crippen molar-refractivity contribution in [2.75, 3.05) is 7.11 Å². The fourth-order valence-electron chi connectivity index (χ4n) is 2.96. The van der Waals surface area contributed by atoms with Gasteiger partial charge in [-0.1, -0.05) is 76.1 Å². The van der Waals surface area contributed by atoms with Gasteiger partial charge in [-0.05, 0) is 30.4 Å². The molecule has 0 bridgehead atoms. The lowest BCUT2D eigenvalue weighted by Crippen LogP contribution is -2.10. The molecule has 1 aromatic carbocycles. The number of methoxy groups -OCH3 is 1. The fourth-order valence-corrected chi connectivity index (χ4v) is 2.96. The van der Waals surface area contributed by atoms with E-state index in [4.69, 9.17) is 5.73 Å². The van der Waals surface area contributed by atoms with Crippen molar-refractivity contribution in [2.45, 2.75) is 83.6 Å². The Labute approximate surface area is 148 Å². The van der Waals surface area contributed by atoms with Gasteiger partial charge in [0.15, 0.2) is 0 Å². The first-order valence-corrected chi connectivity index (χ1v) is 9.58. The third-order valence-electron chi connectivity index (χ3n) is 4.60. The molecule has 1 atom stereocenters. The second kappa shape index (κ2) is 13.0. The zero-order valence-electron chi connectivity index (χ0n) is 15.6. The van der Waals surface area contributed by atoms with Crippen LogP contribution in [0.4, 0.5) is 0 Å². The maximum Gasteiger partial charge on any atom is 0.305 e. The standard InChI is InChI=1S/C21H35NO2/c1-3-4-5-6-7-8-9-12-20(22)19-16-14-18(15-17-19)11-10-13-21(23)24-2/h14-17,20H,3-13,22H2,1-2H3. The lowest BCUT2D eigenvalue weighted by atomic mass is 9.98. The van der Waals surface area contributed by atoms with Crippen molar-refractivity contribution in [1.82, 2.24) is 0 Å². The quantitative estimate of drug-likeness (QED) is 0.392. The predicted octanol–water partition coefficient (Wildman–Crippen LogP) is 5.32. The minimum atomic E-state index is -0.136. The molecule has 0 saturated heterocycles. The Bertz CT molecular complexity index is 442. The molecule has 0 saturated carbocycles. The van der Waals surface area contributed by atoms with Gasteiger partial charge in [0.2, 0.25) is 0 Å². The predicted molar refractivity (Wildman–Crippen MR) is 101 cm³/mol. The van der Waals surface area contributed by atoms with Gasteiger partial charge < -0.3 is 10.5 Å². The van der Waals surface area contributed by atoms with Crippen molar-refractivity contribution in [3.8, 4) is 0 Å². The molecule has 0 spiro atoms. The Morgan fingerprint density at radius 2 is 1.62 bits per heavy atom. The van der Waals surface area contributed by atoms with E-state index in [0.29, 0.717) is 6.42 Å². The summed E-state index contributed by atoms with van der Waals surface area (Å²) in [5, 5.41) is 0. The zero-order valence-corrected chi connectivity index (χ0v) is 15.6. The number of aryl methyl sites for hydroxylation is 1. The van der Waals surface area contributed by atoms with Crippen LogP contribution >= 0.6 is 0 Å². The SMILES string of the molecule is CCCCCCCCCC(N)c1ccc(CCCC(=O)OC)cc1. The van der Waals surface area contributed by atoms with Gasteiger partial charge >= 0.3 is 5.97 Å². The molecule has 0 aliphatic rings. The van der Waals surface area contributed by atoms with E-state index in [1.54, 1.807) is 0 Å². The first-order valence-electron chi connectivity index (χ1n) is 9.58. The highest BCUT2D eigenvalue weighted by Crippen LogP contribution is 2.19. The Hall–Kier alpha value is -1.35. The van der Waals surface area contributed by atoms with Crippen LogP contribution in [0, 0.1) is 0 Å². The normalized spacial score (nSPS) is 12.1. The molecule has 2 N–H and O–H groups in total. The molecule has 1 aromatic rings. The molecule has 0 aliphatic heterocycles. The average Bonchev–Trinajstić information content (AvgIpc) is 2.61. The van der Waals surface area contributed by atoms with E-state index in [9.17, 15) is 4.79 Å². The van der Waals surface area contributed by atoms with Gasteiger partial charge in [0.05, 0.1) is 7.11 Å². The molecule has 0 heterocycles. The Morgan fingerprint density at radius 1 is 1.00 bits per heavy atom. The average molecular weight is 334 g/mol. The molecule has 136 valence electrons. The summed E-state index contributed by atoms with van der Waals surface area (Å²) in [4.78, 5) is 11.1. The lowest BCUT2D eigenvalue weighted by molar-refractivity contribution is -0.140. The molecule has 24 heavy (non-hydrogen) atoms. The molecule has 0 fully saturated rings. The second-order valence-corrected chi connectivity index (χ2v) is 6.69. The summed E-state index contributed by atoms with van der Waals surface area (Å²) >= 11 is 0. The van der Waals surface area contributed by atoms with Crippen LogP contribution in [0.15, 0.2) is 24.3 Å². The monoisotopic (exact) mass is 333 g/mol. The van der Waals surface area contributed by atoms with Crippen LogP contribution in [-0.4, -0.2) is 13.1 Å². The summed E-state index contributed by atoms with van der Waals surface area (Å²) in [6.07, 6.45) is 12.5. The number of rotatable bonds is 13. The number of carbonyl (C=O) groups excluding carboxylic acids is 1. The van der Waals surface area contributed by atoms with Crippen molar-refractivity contribution >= 4 is 5.97 Å². The number of hydrogen-bond donors (Lipinski definition) is 1. The van der Waals surface area contributed by atoms with Crippen LogP contribution in [-0.2, 0) is 16.0 Å². The van der Waals surface area contributed by atoms with E-state index >= 15 is 0 Å². The number of ether oxygens (including phenoxy) is 1. The van der Waals surface area contributed by atoms with Gasteiger partial charge in [-0.2, -0.15) is 0 Å². The van der Waals surface area contributed by atoms with Crippen LogP contribution in [0.2, 0.25) is 0 Å². The van der Waals surface area contributed by atoms with Crippen molar-refractivity contribution in [3.05, 3.63) is 35.4 Å². The van der Waals surface area contributed by atoms with Crippen molar-refractivity contribution in [2.24, 2.45) is 5.73 Å². The molecule has 1 rings (SSSR count). The van der Waals surface area contributed by atoms with Gasteiger partial charge in [-0.15, -0.1) is 0 Å². The largest absolute Gasteiger partial charge is 0.469 e. The number of benzene rings is 1. The van der Waals surface area contributed by atoms with Crippen molar-refractivity contribution in [3.63, 3.8) is 0 Å². The molecule has 0 aliphatic carbocycles. The summed E-state index contributed by atoms with van der Waals surface area (Å²) in [6.45, 7) is 2.25. The van der Waals surface area contributed by atoms with Gasteiger partial charge in [-0.3, -0.25) is 4.79 Å². The number of hydrogen-bond acceptors (Lipinski definition) is 3. The van der Waals surface area contributed by atoms with Crippen molar-refractivity contribution < 1.29 is 9.53 Å². The maximum absolute atomic E-state index is 11.1. The van der Waals surface area contributed by atoms with Crippen LogP contribution in [0.3, 0.4) is 0 Å². The van der Waals surface area contributed by atoms with E-state index < -0.39 is 0 Å². The van der Waals surface area contributed by atoms with Crippen LogP contribution in [0.1, 0.15) is 88.3 Å². The third kappa shape index (κ3) is 9.07. The lowest BCUT2D eigenvalue weighted by Gasteiger charge is -2.12. The minimum Gasteiger partial charge on any atom is -0.469 e. The molecule has 0 amide bonds. The van der Waals surface area contributed by atoms with Gasteiger partial charge in [-0.25, -0.2) is 0 Å². The zero-order chi connectivity index (χ0) is 17.6. The highest BCUT2D eigenvalue weighted by Gasteiger charge is 2.06. The Morgan fingerprint density at radius 3 is 2.25 bits per heavy atom. The van der Waals surface area contributed by atoms with Gasteiger partial charge in [0.25, 0.3) is 0 Å². The first-order chi connectivity index (χ1) is 11.7. The van der Waals surface area contributed by atoms with Crippen LogP contribution in [0.5, 0.6) is 0 Å². The van der Waals surface area contributed by atoms with E-state index in [0.717, 1.165) is 19.3 Å². The Balaban J connectivity index is 2.20. The summed E-state index contributed by atoms with van der Waals surface area (Å²) in [5.74, 6) is -0.136. The summed E-state index contributed by atoms with van der Waals surface area (Å²) < 4.78 is 4.66.